The number of carbonyl (C=O) groups is 3. The summed E-state index contributed by atoms with van der Waals surface area (Å²) in [7, 11) is 0. The summed E-state index contributed by atoms with van der Waals surface area (Å²) in [6.45, 7) is 6.49. The number of esters is 3. The van der Waals surface area contributed by atoms with E-state index in [0.717, 1.165) is 103 Å². The Labute approximate surface area is 476 Å². The van der Waals surface area contributed by atoms with Gasteiger partial charge in [0.15, 0.2) is 6.10 Å². The van der Waals surface area contributed by atoms with Gasteiger partial charge in [-0.2, -0.15) is 0 Å². The molecule has 1 atom stereocenters. The topological polar surface area (TPSA) is 78.9 Å². The Kier molecular flexibility index (Phi) is 61.3. The van der Waals surface area contributed by atoms with Crippen LogP contribution in [0, 0.1) is 0 Å². The zero-order valence-electron chi connectivity index (χ0n) is 50.4. The maximum Gasteiger partial charge on any atom is 0.306 e. The summed E-state index contributed by atoms with van der Waals surface area (Å²) in [6.07, 6.45) is 88.3. The van der Waals surface area contributed by atoms with Gasteiger partial charge in [0.05, 0.1) is 0 Å². The minimum Gasteiger partial charge on any atom is -0.462 e. The van der Waals surface area contributed by atoms with Crippen molar-refractivity contribution in [3.05, 3.63) is 109 Å². The smallest absolute Gasteiger partial charge is 0.306 e. The van der Waals surface area contributed by atoms with E-state index in [9.17, 15) is 14.4 Å². The molecule has 1 unspecified atom stereocenters. The molecule has 77 heavy (non-hydrogen) atoms. The number of carbonyl (C=O) groups excluding carboxylic acids is 3. The van der Waals surface area contributed by atoms with Crippen LogP contribution >= 0.6 is 0 Å². The zero-order chi connectivity index (χ0) is 55.7. The fourth-order valence-electron chi connectivity index (χ4n) is 8.98. The van der Waals surface area contributed by atoms with Gasteiger partial charge in [0.2, 0.25) is 0 Å². The highest BCUT2D eigenvalue weighted by Gasteiger charge is 2.19. The average molecular weight is 1070 g/mol. The summed E-state index contributed by atoms with van der Waals surface area (Å²) in [5, 5.41) is 0. The molecule has 0 rings (SSSR count). The number of hydrogen-bond donors (Lipinski definition) is 0. The molecule has 0 aromatic carbocycles. The SMILES string of the molecule is CC/C=C\C/C=C\C/C=C\C/C=C\C/C=C\C/C=C\C/C=C\C/C=C\C/C=C\CCCC(=O)OCC(COC(=O)CCCCCCCCCCC)OC(=O)CCCCCCCCCCCCCCCCCCCCCCC. The Morgan fingerprint density at radius 3 is 0.792 bits per heavy atom. The van der Waals surface area contributed by atoms with Crippen molar-refractivity contribution in [3.63, 3.8) is 0 Å². The molecular weight excluding hydrogens is 949 g/mol. The lowest BCUT2D eigenvalue weighted by molar-refractivity contribution is -0.167. The van der Waals surface area contributed by atoms with Gasteiger partial charge in [-0.1, -0.05) is 310 Å². The number of rotatable bonds is 58. The Morgan fingerprint density at radius 1 is 0.273 bits per heavy atom. The number of allylic oxidation sites excluding steroid dienone is 18. The Bertz CT molecular complexity index is 1560. The first kappa shape index (κ1) is 73.1. The predicted molar refractivity (Wildman–Crippen MR) is 334 cm³/mol. The number of hydrogen-bond acceptors (Lipinski definition) is 6. The Hall–Kier alpha value is -3.93. The highest BCUT2D eigenvalue weighted by Crippen LogP contribution is 2.17. The van der Waals surface area contributed by atoms with Crippen LogP contribution in [0.1, 0.15) is 303 Å². The molecule has 0 amide bonds. The van der Waals surface area contributed by atoms with Crippen molar-refractivity contribution < 1.29 is 28.6 Å². The molecule has 440 valence electrons. The van der Waals surface area contributed by atoms with Crippen LogP contribution in [-0.2, 0) is 28.6 Å². The molecule has 0 aliphatic carbocycles. The average Bonchev–Trinajstić information content (AvgIpc) is 3.43. The molecule has 0 aliphatic heterocycles. The first-order valence-corrected chi connectivity index (χ1v) is 32.4. The van der Waals surface area contributed by atoms with Gasteiger partial charge in [0.1, 0.15) is 13.2 Å². The molecule has 6 heteroatoms. The maximum atomic E-state index is 12.9. The van der Waals surface area contributed by atoms with Crippen molar-refractivity contribution in [2.75, 3.05) is 13.2 Å². The van der Waals surface area contributed by atoms with E-state index in [1.807, 2.05) is 0 Å². The maximum absolute atomic E-state index is 12.9. The molecule has 0 heterocycles. The fourth-order valence-corrected chi connectivity index (χ4v) is 8.98. The van der Waals surface area contributed by atoms with Crippen molar-refractivity contribution in [2.45, 2.75) is 309 Å². The molecule has 0 spiro atoms. The summed E-state index contributed by atoms with van der Waals surface area (Å²) in [5.74, 6) is -0.949. The number of ether oxygens (including phenoxy) is 3. The van der Waals surface area contributed by atoms with Crippen LogP contribution < -0.4 is 0 Å². The molecule has 0 aromatic heterocycles. The molecule has 6 nitrogen and oxygen atoms in total. The largest absolute Gasteiger partial charge is 0.462 e. The summed E-state index contributed by atoms with van der Waals surface area (Å²) in [6, 6.07) is 0. The highest BCUT2D eigenvalue weighted by atomic mass is 16.6. The minimum atomic E-state index is -0.799. The van der Waals surface area contributed by atoms with Gasteiger partial charge in [0.25, 0.3) is 0 Å². The first-order valence-electron chi connectivity index (χ1n) is 32.4. The third-order valence-electron chi connectivity index (χ3n) is 13.8. The van der Waals surface area contributed by atoms with E-state index in [1.165, 1.54) is 154 Å². The van der Waals surface area contributed by atoms with Crippen LogP contribution in [-0.4, -0.2) is 37.2 Å². The lowest BCUT2D eigenvalue weighted by Gasteiger charge is -2.18. The molecule has 0 saturated carbocycles. The molecule has 0 fully saturated rings. The van der Waals surface area contributed by atoms with E-state index in [4.69, 9.17) is 14.2 Å². The number of unbranched alkanes of at least 4 members (excludes halogenated alkanes) is 29. The summed E-state index contributed by atoms with van der Waals surface area (Å²) >= 11 is 0. The first-order chi connectivity index (χ1) is 38.0. The van der Waals surface area contributed by atoms with Crippen LogP contribution in [0.3, 0.4) is 0 Å². The quantitative estimate of drug-likeness (QED) is 0.0261. The van der Waals surface area contributed by atoms with E-state index < -0.39 is 6.10 Å². The van der Waals surface area contributed by atoms with Crippen molar-refractivity contribution in [1.82, 2.24) is 0 Å². The Morgan fingerprint density at radius 2 is 0.506 bits per heavy atom. The second-order valence-electron chi connectivity index (χ2n) is 21.3. The van der Waals surface area contributed by atoms with Crippen LogP contribution in [0.15, 0.2) is 109 Å². The van der Waals surface area contributed by atoms with E-state index in [1.54, 1.807) is 0 Å². The summed E-state index contributed by atoms with van der Waals surface area (Å²) < 4.78 is 16.8. The van der Waals surface area contributed by atoms with E-state index in [0.29, 0.717) is 19.3 Å². The molecule has 0 saturated heterocycles. The fraction of sp³-hybridized carbons (Fsp3) is 0.704. The van der Waals surface area contributed by atoms with Gasteiger partial charge in [0, 0.05) is 19.3 Å². The summed E-state index contributed by atoms with van der Waals surface area (Å²) in [4.78, 5) is 38.2. The van der Waals surface area contributed by atoms with E-state index in [-0.39, 0.29) is 37.5 Å². The normalized spacial score (nSPS) is 12.8. The van der Waals surface area contributed by atoms with Crippen LogP contribution in [0.2, 0.25) is 0 Å². The van der Waals surface area contributed by atoms with Crippen LogP contribution in [0.4, 0.5) is 0 Å². The predicted octanol–water partition coefficient (Wildman–Crippen LogP) is 22.2. The van der Waals surface area contributed by atoms with Gasteiger partial charge in [-0.05, 0) is 83.5 Å². The van der Waals surface area contributed by atoms with E-state index in [2.05, 4.69) is 130 Å². The van der Waals surface area contributed by atoms with Gasteiger partial charge in [-0.15, -0.1) is 0 Å². The third-order valence-corrected chi connectivity index (χ3v) is 13.8. The molecular formula is C71H120O6. The zero-order valence-corrected chi connectivity index (χ0v) is 50.4. The van der Waals surface area contributed by atoms with E-state index >= 15 is 0 Å². The van der Waals surface area contributed by atoms with Gasteiger partial charge < -0.3 is 14.2 Å². The van der Waals surface area contributed by atoms with Crippen molar-refractivity contribution in [1.29, 1.82) is 0 Å². The van der Waals surface area contributed by atoms with Crippen LogP contribution in [0.5, 0.6) is 0 Å². The molecule has 0 aromatic rings. The van der Waals surface area contributed by atoms with Gasteiger partial charge in [-0.25, -0.2) is 0 Å². The standard InChI is InChI=1S/C71H120O6/c1-4-7-10-13-16-19-21-23-25-27-29-31-32-33-34-35-36-37-38-40-41-43-45-47-49-52-55-58-61-64-70(73)76-67-68(66-75-69(72)63-60-57-54-51-18-15-12-9-6-3)77-71(74)65-62-59-56-53-50-48-46-44-42-39-30-28-26-24-22-20-17-14-11-8-5-2/h7,10,16,19,23,25,29,31,33-34,36-37,40-41,45,47,52,55,68H,4-6,8-9,11-15,17-18,20-22,24,26-28,30,32,35,38-39,42-44,46,48-51,53-54,56-67H2,1-3H3/b10-7-,19-16-,25-23-,31-29-,34-33-,37-36-,41-40-,47-45-,55-52-. The second-order valence-corrected chi connectivity index (χ2v) is 21.3. The van der Waals surface area contributed by atoms with Crippen molar-refractivity contribution >= 4 is 17.9 Å². The van der Waals surface area contributed by atoms with Gasteiger partial charge >= 0.3 is 17.9 Å². The molecule has 0 bridgehead atoms. The van der Waals surface area contributed by atoms with Crippen LogP contribution in [0.25, 0.3) is 0 Å². The molecule has 0 N–H and O–H groups in total. The highest BCUT2D eigenvalue weighted by molar-refractivity contribution is 5.71. The van der Waals surface area contributed by atoms with Crippen molar-refractivity contribution in [2.24, 2.45) is 0 Å². The van der Waals surface area contributed by atoms with Gasteiger partial charge in [-0.3, -0.25) is 14.4 Å². The third kappa shape index (κ3) is 62.8. The minimum absolute atomic E-state index is 0.0931. The van der Waals surface area contributed by atoms with Crippen molar-refractivity contribution in [3.8, 4) is 0 Å². The lowest BCUT2D eigenvalue weighted by atomic mass is 10.0. The Balaban J connectivity index is 4.32. The lowest BCUT2D eigenvalue weighted by Crippen LogP contribution is -2.30. The molecule has 0 radical (unpaired) electrons. The second kappa shape index (κ2) is 64.6. The monoisotopic (exact) mass is 1070 g/mol. The summed E-state index contributed by atoms with van der Waals surface area (Å²) in [5.41, 5.74) is 0. The molecule has 0 aliphatic rings.